The normalized spacial score (nSPS) is 12.1. The summed E-state index contributed by atoms with van der Waals surface area (Å²) in [5.41, 5.74) is 5.60. The molecule has 0 heterocycles. The minimum absolute atomic E-state index is 0.455. The molecule has 0 N–H and O–H groups in total. The second kappa shape index (κ2) is 14.9. The van der Waals surface area contributed by atoms with Crippen LogP contribution in [0.15, 0.2) is 133 Å². The van der Waals surface area contributed by atoms with Crippen molar-refractivity contribution in [2.45, 2.75) is 39.5 Å². The summed E-state index contributed by atoms with van der Waals surface area (Å²) in [6, 6.07) is 47.5. The van der Waals surface area contributed by atoms with E-state index in [1.165, 1.54) is 47.0 Å². The van der Waals surface area contributed by atoms with Crippen LogP contribution in [0.25, 0.3) is 21.5 Å². The Morgan fingerprint density at radius 2 is 0.875 bits per heavy atom. The molecule has 6 aromatic rings. The first kappa shape index (κ1) is 30.4. The standard InChI is InChI=1S/2C17H15.C3H6.2ClH.Zr/c2*1-13(14-7-3-2-4-8-14)16-12-11-15-9-5-6-10-17(15)16;1-3-2;;;/h2*2-13H,1H3;1-2H3;2*1H;/q2*-1;;;;+2/p-2. The van der Waals surface area contributed by atoms with Crippen molar-refractivity contribution in [3.63, 3.8) is 0 Å². The third-order valence-corrected chi connectivity index (χ3v) is 13.7. The predicted molar refractivity (Wildman–Crippen MR) is 175 cm³/mol. The fourth-order valence-electron chi connectivity index (χ4n) is 4.95. The summed E-state index contributed by atoms with van der Waals surface area (Å²) in [6.45, 7) is 8.51. The molecule has 0 fully saturated rings. The summed E-state index contributed by atoms with van der Waals surface area (Å²) in [7, 11) is 11.1. The Kier molecular flexibility index (Phi) is 11.3. The van der Waals surface area contributed by atoms with E-state index in [0.29, 0.717) is 11.8 Å². The summed E-state index contributed by atoms with van der Waals surface area (Å²) in [6.07, 6.45) is 0. The van der Waals surface area contributed by atoms with Crippen LogP contribution in [-0.2, 0) is 18.9 Å². The molecule has 0 aliphatic carbocycles. The van der Waals surface area contributed by atoms with Gasteiger partial charge in [0.15, 0.2) is 0 Å². The molecule has 2 atom stereocenters. The van der Waals surface area contributed by atoms with Gasteiger partial charge in [-0.1, -0.05) is 97.8 Å². The van der Waals surface area contributed by atoms with Crippen LogP contribution in [-0.4, -0.2) is 3.21 Å². The molecular formula is C37H36Cl2Zr-2. The molecule has 0 bridgehead atoms. The second-order valence-electron chi connectivity index (χ2n) is 10.3. The van der Waals surface area contributed by atoms with Crippen molar-refractivity contribution in [1.29, 1.82) is 0 Å². The molecule has 6 rings (SSSR count). The van der Waals surface area contributed by atoms with E-state index in [4.69, 9.17) is 17.0 Å². The van der Waals surface area contributed by atoms with Gasteiger partial charge in [-0.3, -0.25) is 0 Å². The van der Waals surface area contributed by atoms with E-state index in [9.17, 15) is 0 Å². The number of benzene rings is 4. The molecule has 0 saturated carbocycles. The molecule has 204 valence electrons. The minimum atomic E-state index is -1.84. The zero-order chi connectivity index (χ0) is 28.5. The zero-order valence-corrected chi connectivity index (χ0v) is 27.6. The first-order chi connectivity index (χ1) is 19.4. The Morgan fingerprint density at radius 3 is 1.23 bits per heavy atom. The van der Waals surface area contributed by atoms with Crippen LogP contribution >= 0.6 is 17.0 Å². The van der Waals surface area contributed by atoms with Crippen molar-refractivity contribution in [1.82, 2.24) is 0 Å². The second-order valence-corrected chi connectivity index (χ2v) is 19.6. The van der Waals surface area contributed by atoms with Gasteiger partial charge in [0, 0.05) is 0 Å². The molecule has 0 amide bonds. The van der Waals surface area contributed by atoms with Gasteiger partial charge in [0.05, 0.1) is 0 Å². The molecule has 3 heteroatoms. The summed E-state index contributed by atoms with van der Waals surface area (Å²) in [5, 5.41) is 5.43. The Morgan fingerprint density at radius 1 is 0.550 bits per heavy atom. The summed E-state index contributed by atoms with van der Waals surface area (Å²) < 4.78 is 1.24. The van der Waals surface area contributed by atoms with Crippen molar-refractivity contribution in [2.24, 2.45) is 0 Å². The van der Waals surface area contributed by atoms with Crippen LogP contribution in [0, 0.1) is 0 Å². The first-order valence-corrected chi connectivity index (χ1v) is 21.3. The molecule has 2 unspecified atom stereocenters. The Hall–Kier alpha value is -2.57. The molecule has 0 radical (unpaired) electrons. The van der Waals surface area contributed by atoms with Gasteiger partial charge >= 0.3 is 53.0 Å². The number of hydrogen-bond donors (Lipinski definition) is 0. The van der Waals surface area contributed by atoms with Gasteiger partial charge in [-0.25, -0.2) is 0 Å². The Balaban J connectivity index is 0.000000155. The maximum atomic E-state index is 5.54. The van der Waals surface area contributed by atoms with Crippen LogP contribution in [0.1, 0.15) is 61.8 Å². The quantitative estimate of drug-likeness (QED) is 0.168. The van der Waals surface area contributed by atoms with E-state index in [1.807, 2.05) is 13.8 Å². The fraction of sp³-hybridized carbons (Fsp3) is 0.162. The van der Waals surface area contributed by atoms with E-state index in [2.05, 4.69) is 147 Å². The van der Waals surface area contributed by atoms with Crippen LogP contribution in [0.4, 0.5) is 0 Å². The van der Waals surface area contributed by atoms with Crippen LogP contribution in [0.3, 0.4) is 0 Å². The summed E-state index contributed by atoms with van der Waals surface area (Å²) in [5.74, 6) is 0.909. The van der Waals surface area contributed by atoms with Crippen molar-refractivity contribution in [3.8, 4) is 0 Å². The molecule has 0 nitrogen and oxygen atoms in total. The average molecular weight is 643 g/mol. The molecule has 0 saturated heterocycles. The number of fused-ring (bicyclic) bond motifs is 2. The number of hydrogen-bond acceptors (Lipinski definition) is 0. The van der Waals surface area contributed by atoms with E-state index in [-0.39, 0.29) is 0 Å². The Bertz CT molecular complexity index is 1520. The van der Waals surface area contributed by atoms with Gasteiger partial charge < -0.3 is 0 Å². The summed E-state index contributed by atoms with van der Waals surface area (Å²) >= 11 is -1.84. The van der Waals surface area contributed by atoms with Crippen molar-refractivity contribution in [2.75, 3.05) is 0 Å². The van der Waals surface area contributed by atoms with Crippen LogP contribution in [0.2, 0.25) is 0 Å². The Labute approximate surface area is 254 Å². The zero-order valence-electron chi connectivity index (χ0n) is 23.6. The molecule has 6 aromatic carbocycles. The van der Waals surface area contributed by atoms with E-state index in [0.717, 1.165) is 0 Å². The van der Waals surface area contributed by atoms with Crippen molar-refractivity contribution in [3.05, 3.63) is 156 Å². The van der Waals surface area contributed by atoms with E-state index in [1.54, 1.807) is 0 Å². The van der Waals surface area contributed by atoms with Crippen LogP contribution < -0.4 is 0 Å². The van der Waals surface area contributed by atoms with Gasteiger partial charge in [-0.2, -0.15) is 0 Å². The number of halogens is 2. The van der Waals surface area contributed by atoms with Crippen LogP contribution in [0.5, 0.6) is 0 Å². The first-order valence-electron chi connectivity index (χ1n) is 13.7. The monoisotopic (exact) mass is 640 g/mol. The third-order valence-electron chi connectivity index (χ3n) is 7.34. The van der Waals surface area contributed by atoms with Gasteiger partial charge in [-0.15, -0.1) is 93.3 Å². The summed E-state index contributed by atoms with van der Waals surface area (Å²) in [4.78, 5) is 0. The number of rotatable bonds is 4. The van der Waals surface area contributed by atoms with Crippen molar-refractivity contribution < 1.29 is 18.9 Å². The van der Waals surface area contributed by atoms with Gasteiger partial charge in [0.1, 0.15) is 0 Å². The fourth-order valence-corrected chi connectivity index (χ4v) is 4.95. The topological polar surface area (TPSA) is 0 Å². The molecule has 0 aromatic heterocycles. The SMILES string of the molecule is CC(c1ccccc1)c1c[cH-]c2ccccc12.CC(c1ccccc1)c1c[cH-]c2ccccc12.C[C](C)=[Zr]([Cl])[Cl]. The molecular weight excluding hydrogens is 607 g/mol. The van der Waals surface area contributed by atoms with Gasteiger partial charge in [0.25, 0.3) is 0 Å². The average Bonchev–Trinajstić information content (AvgIpc) is 3.63. The molecule has 0 aliphatic heterocycles. The van der Waals surface area contributed by atoms with Gasteiger partial charge in [-0.05, 0) is 11.8 Å². The predicted octanol–water partition coefficient (Wildman–Crippen LogP) is 11.5. The van der Waals surface area contributed by atoms with E-state index >= 15 is 0 Å². The van der Waals surface area contributed by atoms with Gasteiger partial charge in [0.2, 0.25) is 0 Å². The van der Waals surface area contributed by atoms with E-state index < -0.39 is 18.9 Å². The van der Waals surface area contributed by atoms with Crippen molar-refractivity contribution >= 4 is 41.8 Å². The third kappa shape index (κ3) is 7.79. The molecule has 40 heavy (non-hydrogen) atoms. The maximum absolute atomic E-state index is 5.54. The molecule has 0 spiro atoms. The molecule has 0 aliphatic rings.